The van der Waals surface area contributed by atoms with Crippen LogP contribution in [-0.2, 0) is 24.8 Å². The molecule has 0 spiro atoms. The molecule has 1 aromatic rings. The highest BCUT2D eigenvalue weighted by Crippen LogP contribution is 2.27. The summed E-state index contributed by atoms with van der Waals surface area (Å²) >= 11 is 0. The highest BCUT2D eigenvalue weighted by Gasteiger charge is 2.42. The second kappa shape index (κ2) is 7.26. The summed E-state index contributed by atoms with van der Waals surface area (Å²) in [4.78, 5) is 27.0. The Kier molecular flexibility index (Phi) is 5.76. The molecule has 27 heavy (non-hydrogen) atoms. The fourth-order valence-electron chi connectivity index (χ4n) is 3.13. The molecule has 0 aliphatic carbocycles. The first kappa shape index (κ1) is 21.4. The van der Waals surface area contributed by atoms with Crippen LogP contribution in [0.4, 0.5) is 5.69 Å². The van der Waals surface area contributed by atoms with Crippen molar-refractivity contribution in [1.29, 1.82) is 0 Å². The van der Waals surface area contributed by atoms with Crippen LogP contribution in [0.1, 0.15) is 46.6 Å². The molecular weight excluding hydrogens is 364 g/mol. The van der Waals surface area contributed by atoms with Gasteiger partial charge in [-0.3, -0.25) is 9.59 Å². The number of hydrogen-bond donors (Lipinski definition) is 1. The van der Waals surface area contributed by atoms with E-state index in [1.165, 1.54) is 4.90 Å². The van der Waals surface area contributed by atoms with Gasteiger partial charge in [0.15, 0.2) is 9.84 Å². The highest BCUT2D eigenvalue weighted by atomic mass is 32.2. The van der Waals surface area contributed by atoms with Crippen LogP contribution in [-0.4, -0.2) is 49.7 Å². The molecule has 2 rings (SSSR count). The first-order valence-electron chi connectivity index (χ1n) is 9.14. The quantitative estimate of drug-likeness (QED) is 0.796. The average molecular weight is 395 g/mol. The van der Waals surface area contributed by atoms with Crippen molar-refractivity contribution in [2.45, 2.75) is 52.5 Å². The molecule has 1 N–H and O–H groups in total. The van der Waals surface area contributed by atoms with E-state index >= 15 is 0 Å². The van der Waals surface area contributed by atoms with Gasteiger partial charge in [-0.25, -0.2) is 8.42 Å². The zero-order valence-corrected chi connectivity index (χ0v) is 17.8. The molecule has 1 fully saturated rings. The van der Waals surface area contributed by atoms with Crippen LogP contribution in [0, 0.1) is 5.41 Å². The molecule has 0 aromatic heterocycles. The summed E-state index contributed by atoms with van der Waals surface area (Å²) < 4.78 is 23.3. The zero-order valence-electron chi connectivity index (χ0n) is 17.0. The lowest BCUT2D eigenvalue weighted by Gasteiger charge is -2.31. The van der Waals surface area contributed by atoms with Crippen molar-refractivity contribution in [2.75, 3.05) is 23.9 Å². The molecular formula is C20H30N2O4S. The van der Waals surface area contributed by atoms with E-state index in [-0.39, 0.29) is 28.9 Å². The number of anilines is 1. The minimum atomic E-state index is -3.10. The molecule has 7 heteroatoms. The van der Waals surface area contributed by atoms with Gasteiger partial charge in [0, 0.05) is 18.8 Å². The van der Waals surface area contributed by atoms with E-state index in [1.54, 1.807) is 20.9 Å². The van der Waals surface area contributed by atoms with Gasteiger partial charge in [-0.05, 0) is 43.4 Å². The Hall–Kier alpha value is -1.89. The summed E-state index contributed by atoms with van der Waals surface area (Å²) in [6.07, 6.45) is 0.413. The second-order valence-electron chi connectivity index (χ2n) is 8.88. The third-order valence-electron chi connectivity index (χ3n) is 5.19. The monoisotopic (exact) mass is 394 g/mol. The lowest BCUT2D eigenvalue weighted by Crippen LogP contribution is -2.49. The minimum Gasteiger partial charge on any atom is -0.341 e. The molecule has 6 nitrogen and oxygen atoms in total. The highest BCUT2D eigenvalue weighted by molar-refractivity contribution is 7.91. The van der Waals surface area contributed by atoms with Crippen LogP contribution in [0.3, 0.4) is 0 Å². The van der Waals surface area contributed by atoms with Gasteiger partial charge in [0.1, 0.15) is 5.41 Å². The van der Waals surface area contributed by atoms with E-state index in [0.717, 1.165) is 5.56 Å². The molecule has 0 bridgehead atoms. The van der Waals surface area contributed by atoms with Crippen LogP contribution in [0.5, 0.6) is 0 Å². The molecule has 1 heterocycles. The Morgan fingerprint density at radius 2 is 1.63 bits per heavy atom. The van der Waals surface area contributed by atoms with Gasteiger partial charge < -0.3 is 10.2 Å². The predicted molar refractivity (Wildman–Crippen MR) is 107 cm³/mol. The van der Waals surface area contributed by atoms with Crippen molar-refractivity contribution in [3.05, 3.63) is 29.8 Å². The van der Waals surface area contributed by atoms with Crippen molar-refractivity contribution in [3.8, 4) is 0 Å². The molecule has 1 atom stereocenters. The fourth-order valence-corrected chi connectivity index (χ4v) is 4.90. The summed E-state index contributed by atoms with van der Waals surface area (Å²) in [5.74, 6) is -0.749. The molecule has 1 saturated heterocycles. The zero-order chi connectivity index (χ0) is 20.6. The summed E-state index contributed by atoms with van der Waals surface area (Å²) in [5, 5.41) is 2.80. The van der Waals surface area contributed by atoms with Crippen molar-refractivity contribution in [1.82, 2.24) is 4.90 Å². The first-order chi connectivity index (χ1) is 12.2. The van der Waals surface area contributed by atoms with Gasteiger partial charge >= 0.3 is 0 Å². The Balaban J connectivity index is 2.08. The van der Waals surface area contributed by atoms with Crippen molar-refractivity contribution in [2.24, 2.45) is 5.41 Å². The van der Waals surface area contributed by atoms with Crippen molar-refractivity contribution >= 4 is 27.3 Å². The maximum atomic E-state index is 12.9. The molecule has 1 aliphatic rings. The minimum absolute atomic E-state index is 0.0160. The molecule has 1 aromatic carbocycles. The Labute approximate surface area is 162 Å². The number of rotatable bonds is 4. The van der Waals surface area contributed by atoms with Crippen molar-refractivity contribution in [3.63, 3.8) is 0 Å². The van der Waals surface area contributed by atoms with Gasteiger partial charge in [0.25, 0.3) is 0 Å². The summed E-state index contributed by atoms with van der Waals surface area (Å²) in [5.41, 5.74) is 0.490. The maximum absolute atomic E-state index is 12.9. The lowest BCUT2D eigenvalue weighted by molar-refractivity contribution is -0.146. The topological polar surface area (TPSA) is 83.6 Å². The fraction of sp³-hybridized carbons (Fsp3) is 0.600. The van der Waals surface area contributed by atoms with Crippen LogP contribution in [0.15, 0.2) is 24.3 Å². The number of nitrogens with zero attached hydrogens (tertiary/aromatic N) is 1. The molecule has 2 amide bonds. The number of hydrogen-bond acceptors (Lipinski definition) is 4. The number of amides is 2. The van der Waals surface area contributed by atoms with Gasteiger partial charge in [-0.2, -0.15) is 0 Å². The molecule has 0 radical (unpaired) electrons. The average Bonchev–Trinajstić information content (AvgIpc) is 2.93. The Bertz CT molecular complexity index is 821. The van der Waals surface area contributed by atoms with E-state index in [0.29, 0.717) is 12.1 Å². The van der Waals surface area contributed by atoms with Gasteiger partial charge in [-0.15, -0.1) is 0 Å². The largest absolute Gasteiger partial charge is 0.341 e. The first-order valence-corrected chi connectivity index (χ1v) is 11.0. The Morgan fingerprint density at radius 1 is 1.07 bits per heavy atom. The normalized spacial score (nSPS) is 19.6. The number of sulfone groups is 1. The van der Waals surface area contributed by atoms with E-state index in [1.807, 2.05) is 24.3 Å². The SMILES string of the molecule is CN(C(=O)C(C)(C)C(=O)Nc1ccc(C(C)(C)C)cc1)C1CCS(=O)(=O)C1. The van der Waals surface area contributed by atoms with E-state index in [9.17, 15) is 18.0 Å². The number of benzene rings is 1. The third kappa shape index (κ3) is 4.89. The van der Waals surface area contributed by atoms with E-state index in [4.69, 9.17) is 0 Å². The van der Waals surface area contributed by atoms with Crippen LogP contribution in [0.25, 0.3) is 0 Å². The van der Waals surface area contributed by atoms with Gasteiger partial charge in [0.2, 0.25) is 11.8 Å². The molecule has 1 unspecified atom stereocenters. The van der Waals surface area contributed by atoms with E-state index < -0.39 is 21.2 Å². The molecule has 150 valence electrons. The summed E-state index contributed by atoms with van der Waals surface area (Å²) in [7, 11) is -1.53. The maximum Gasteiger partial charge on any atom is 0.239 e. The van der Waals surface area contributed by atoms with Gasteiger partial charge in [0.05, 0.1) is 11.5 Å². The molecule has 0 saturated carbocycles. The summed E-state index contributed by atoms with van der Waals surface area (Å²) in [6.45, 7) is 9.46. The summed E-state index contributed by atoms with van der Waals surface area (Å²) in [6, 6.07) is 7.19. The van der Waals surface area contributed by atoms with Crippen molar-refractivity contribution < 1.29 is 18.0 Å². The standard InChI is InChI=1S/C20H30N2O4S/c1-19(2,3)14-7-9-15(10-8-14)21-17(23)20(4,5)18(24)22(6)16-11-12-27(25,26)13-16/h7-10,16H,11-13H2,1-6H3,(H,21,23). The second-order valence-corrected chi connectivity index (χ2v) is 11.1. The van der Waals surface area contributed by atoms with Crippen LogP contribution in [0.2, 0.25) is 0 Å². The number of nitrogens with one attached hydrogen (secondary N) is 1. The molecule has 1 aliphatic heterocycles. The van der Waals surface area contributed by atoms with Crippen LogP contribution >= 0.6 is 0 Å². The number of carbonyl (C=O) groups is 2. The van der Waals surface area contributed by atoms with Gasteiger partial charge in [-0.1, -0.05) is 32.9 Å². The Morgan fingerprint density at radius 3 is 2.07 bits per heavy atom. The number of carbonyl (C=O) groups excluding carboxylic acids is 2. The smallest absolute Gasteiger partial charge is 0.239 e. The third-order valence-corrected chi connectivity index (χ3v) is 6.94. The predicted octanol–water partition coefficient (Wildman–Crippen LogP) is 2.59. The lowest BCUT2D eigenvalue weighted by atomic mass is 9.87. The van der Waals surface area contributed by atoms with E-state index in [2.05, 4.69) is 26.1 Å². The van der Waals surface area contributed by atoms with Crippen LogP contribution < -0.4 is 5.32 Å².